The van der Waals surface area contributed by atoms with Crippen LogP contribution in [0.1, 0.15) is 20.3 Å². The van der Waals surface area contributed by atoms with E-state index < -0.39 is 30.4 Å². The van der Waals surface area contributed by atoms with Gasteiger partial charge in [-0.05, 0) is 20.9 Å². The van der Waals surface area contributed by atoms with Gasteiger partial charge in [0.2, 0.25) is 0 Å². The molecule has 96 valence electrons. The molecule has 0 rings (SSSR count). The Hall–Kier alpha value is -0.820. The van der Waals surface area contributed by atoms with Crippen molar-refractivity contribution in [3.05, 3.63) is 0 Å². The van der Waals surface area contributed by atoms with Gasteiger partial charge in [-0.3, -0.25) is 4.79 Å². The second kappa shape index (κ2) is 5.49. The fraction of sp³-hybridized carbons (Fsp3) is 0.889. The van der Waals surface area contributed by atoms with Gasteiger partial charge in [0.1, 0.15) is 12.1 Å². The maximum atomic E-state index is 11.8. The second-order valence-corrected chi connectivity index (χ2v) is 3.83. The van der Waals surface area contributed by atoms with E-state index >= 15 is 0 Å². The lowest BCUT2D eigenvalue weighted by Crippen LogP contribution is -2.49. The summed E-state index contributed by atoms with van der Waals surface area (Å²) in [5, 5.41) is 11.4. The van der Waals surface area contributed by atoms with Crippen LogP contribution in [0.15, 0.2) is 0 Å². The number of alkyl halides is 3. The second-order valence-electron chi connectivity index (χ2n) is 3.83. The third-order valence-corrected chi connectivity index (χ3v) is 2.25. The minimum atomic E-state index is -4.40. The van der Waals surface area contributed by atoms with Gasteiger partial charge in [0.15, 0.2) is 0 Å². The lowest BCUT2D eigenvalue weighted by Gasteiger charge is -2.27. The van der Waals surface area contributed by atoms with Crippen molar-refractivity contribution in [3.63, 3.8) is 0 Å². The number of hydrogen-bond donors (Lipinski definition) is 2. The van der Waals surface area contributed by atoms with E-state index in [2.05, 4.69) is 10.1 Å². The van der Waals surface area contributed by atoms with E-state index in [-0.39, 0.29) is 6.42 Å². The molecular weight excluding hydrogens is 227 g/mol. The predicted molar refractivity (Wildman–Crippen MR) is 51.2 cm³/mol. The van der Waals surface area contributed by atoms with Gasteiger partial charge in [0.05, 0.1) is 6.10 Å². The number of ether oxygens (including phenoxy) is 1. The molecule has 0 aliphatic heterocycles. The highest BCUT2D eigenvalue weighted by atomic mass is 19.4. The molecule has 0 aromatic carbocycles. The van der Waals surface area contributed by atoms with Crippen molar-refractivity contribution in [2.45, 2.75) is 38.1 Å². The Morgan fingerprint density at radius 3 is 2.31 bits per heavy atom. The molecule has 0 saturated heterocycles. The highest BCUT2D eigenvalue weighted by Crippen LogP contribution is 2.19. The minimum absolute atomic E-state index is 0.0467. The third kappa shape index (κ3) is 5.32. The molecule has 0 spiro atoms. The highest BCUT2D eigenvalue weighted by Gasteiger charge is 2.35. The van der Waals surface area contributed by atoms with Crippen LogP contribution in [0.3, 0.4) is 0 Å². The Morgan fingerprint density at radius 1 is 1.50 bits per heavy atom. The molecule has 2 unspecified atom stereocenters. The van der Waals surface area contributed by atoms with Crippen LogP contribution in [-0.4, -0.2) is 42.5 Å². The van der Waals surface area contributed by atoms with Gasteiger partial charge in [0.25, 0.3) is 0 Å². The van der Waals surface area contributed by atoms with Gasteiger partial charge in [-0.15, -0.1) is 0 Å². The quantitative estimate of drug-likeness (QED) is 0.740. The first-order valence-corrected chi connectivity index (χ1v) is 4.71. The molecule has 0 aromatic heterocycles. The summed E-state index contributed by atoms with van der Waals surface area (Å²) in [6, 6.07) is 0. The van der Waals surface area contributed by atoms with Crippen LogP contribution in [0, 0.1) is 0 Å². The minimum Gasteiger partial charge on any atom is -0.480 e. The van der Waals surface area contributed by atoms with Gasteiger partial charge in [-0.1, -0.05) is 0 Å². The molecule has 0 saturated carbocycles. The average molecular weight is 243 g/mol. The predicted octanol–water partition coefficient (Wildman–Crippen LogP) is 1.41. The normalized spacial score (nSPS) is 17.9. The van der Waals surface area contributed by atoms with E-state index in [1.54, 1.807) is 0 Å². The Kier molecular flexibility index (Phi) is 5.21. The van der Waals surface area contributed by atoms with Gasteiger partial charge >= 0.3 is 12.1 Å². The molecule has 0 aliphatic rings. The summed E-state index contributed by atoms with van der Waals surface area (Å²) in [6.45, 7) is 1.43. The first kappa shape index (κ1) is 15.2. The number of likely N-dealkylation sites (N-methyl/N-ethyl adjacent to an activating group) is 1. The number of carbonyl (C=O) groups is 1. The largest absolute Gasteiger partial charge is 0.480 e. The first-order valence-electron chi connectivity index (χ1n) is 4.71. The fourth-order valence-corrected chi connectivity index (χ4v) is 1.17. The Bertz CT molecular complexity index is 245. The van der Waals surface area contributed by atoms with Crippen molar-refractivity contribution in [2.24, 2.45) is 0 Å². The lowest BCUT2D eigenvalue weighted by molar-refractivity contribution is -0.186. The summed E-state index contributed by atoms with van der Waals surface area (Å²) in [6.07, 6.45) is -5.24. The topological polar surface area (TPSA) is 58.6 Å². The average Bonchev–Trinajstić information content (AvgIpc) is 2.13. The number of nitrogens with one attached hydrogen (secondary N) is 1. The number of carboxylic acids is 1. The zero-order valence-corrected chi connectivity index (χ0v) is 9.39. The Labute approximate surface area is 91.8 Å². The first-order chi connectivity index (χ1) is 7.10. The summed E-state index contributed by atoms with van der Waals surface area (Å²) in [5.41, 5.74) is -1.29. The molecule has 7 heteroatoms. The van der Waals surface area contributed by atoms with Crippen molar-refractivity contribution in [1.82, 2.24) is 5.32 Å². The Balaban J connectivity index is 4.22. The number of carboxylic acid groups (broad SMARTS) is 1. The zero-order valence-electron chi connectivity index (χ0n) is 9.39. The molecule has 4 nitrogen and oxygen atoms in total. The van der Waals surface area contributed by atoms with E-state index in [1.807, 2.05) is 0 Å². The van der Waals surface area contributed by atoms with Crippen LogP contribution < -0.4 is 5.32 Å². The van der Waals surface area contributed by atoms with Gasteiger partial charge < -0.3 is 15.2 Å². The standard InChI is InChI=1S/C9H16F3NO3/c1-6(16-5-9(10,11)12)4-8(2,13-3)7(14)15/h6,13H,4-5H2,1-3H3,(H,14,15). The monoisotopic (exact) mass is 243 g/mol. The van der Waals surface area contributed by atoms with Gasteiger partial charge in [-0.2, -0.15) is 13.2 Å². The Morgan fingerprint density at radius 2 is 2.00 bits per heavy atom. The van der Waals surface area contributed by atoms with E-state index in [0.29, 0.717) is 0 Å². The smallest absolute Gasteiger partial charge is 0.411 e. The summed E-state index contributed by atoms with van der Waals surface area (Å²) in [7, 11) is 1.44. The van der Waals surface area contributed by atoms with Crippen molar-refractivity contribution in [3.8, 4) is 0 Å². The summed E-state index contributed by atoms with van der Waals surface area (Å²) < 4.78 is 40.0. The molecule has 0 aromatic rings. The van der Waals surface area contributed by atoms with E-state index in [4.69, 9.17) is 5.11 Å². The summed E-state index contributed by atoms with van der Waals surface area (Å²) in [5.74, 6) is -1.13. The van der Waals surface area contributed by atoms with Crippen LogP contribution in [-0.2, 0) is 9.53 Å². The summed E-state index contributed by atoms with van der Waals surface area (Å²) in [4.78, 5) is 10.8. The molecule has 0 radical (unpaired) electrons. The van der Waals surface area contributed by atoms with Crippen molar-refractivity contribution < 1.29 is 27.8 Å². The molecule has 16 heavy (non-hydrogen) atoms. The van der Waals surface area contributed by atoms with Gasteiger partial charge in [-0.25, -0.2) is 0 Å². The van der Waals surface area contributed by atoms with Crippen LogP contribution >= 0.6 is 0 Å². The van der Waals surface area contributed by atoms with Crippen LogP contribution in [0.4, 0.5) is 13.2 Å². The molecule has 2 atom stereocenters. The molecule has 0 fully saturated rings. The third-order valence-electron chi connectivity index (χ3n) is 2.25. The van der Waals surface area contributed by atoms with E-state index in [0.717, 1.165) is 0 Å². The molecular formula is C9H16F3NO3. The molecule has 0 aliphatic carbocycles. The number of aliphatic carboxylic acids is 1. The van der Waals surface area contributed by atoms with Crippen molar-refractivity contribution >= 4 is 5.97 Å². The lowest BCUT2D eigenvalue weighted by atomic mass is 9.95. The molecule has 2 N–H and O–H groups in total. The number of halogens is 3. The SMILES string of the molecule is CNC(C)(CC(C)OCC(F)(F)F)C(=O)O. The fourth-order valence-electron chi connectivity index (χ4n) is 1.17. The van der Waals surface area contributed by atoms with E-state index in [9.17, 15) is 18.0 Å². The number of hydrogen-bond acceptors (Lipinski definition) is 3. The maximum absolute atomic E-state index is 11.8. The molecule has 0 heterocycles. The van der Waals surface area contributed by atoms with Crippen LogP contribution in [0.5, 0.6) is 0 Å². The molecule has 0 bridgehead atoms. The number of rotatable bonds is 6. The van der Waals surface area contributed by atoms with Crippen molar-refractivity contribution in [2.75, 3.05) is 13.7 Å². The van der Waals surface area contributed by atoms with E-state index in [1.165, 1.54) is 20.9 Å². The van der Waals surface area contributed by atoms with Gasteiger partial charge in [0, 0.05) is 6.42 Å². The highest BCUT2D eigenvalue weighted by molar-refractivity contribution is 5.78. The maximum Gasteiger partial charge on any atom is 0.411 e. The van der Waals surface area contributed by atoms with Crippen molar-refractivity contribution in [1.29, 1.82) is 0 Å². The van der Waals surface area contributed by atoms with Crippen LogP contribution in [0.2, 0.25) is 0 Å². The zero-order chi connectivity index (χ0) is 13.0. The summed E-state index contributed by atoms with van der Waals surface area (Å²) >= 11 is 0. The molecule has 0 amide bonds. The van der Waals surface area contributed by atoms with Crippen LogP contribution in [0.25, 0.3) is 0 Å².